The maximum Gasteiger partial charge on any atom is 0.241 e. The number of nitrogens with zero attached hydrogens (tertiary/aromatic N) is 2. The third-order valence-corrected chi connectivity index (χ3v) is 6.57. The highest BCUT2D eigenvalue weighted by Crippen LogP contribution is 2.23. The number of anilines is 1. The standard InChI is InChI=1S/C23H31N3O3S/c1-3-21-8-4-5-9-22(21)26(30(2,28)29)18-23(27)24-16-19-10-12-20(13-11-19)17-25-14-6-7-15-25/h4-5,8-13H,3,6-7,14-18H2,1-2H3,(H,24,27). The number of carbonyl (C=O) groups is 1. The Morgan fingerprint density at radius 2 is 1.67 bits per heavy atom. The van der Waals surface area contributed by atoms with Crippen molar-refractivity contribution in [2.24, 2.45) is 0 Å². The Bertz CT molecular complexity index is 952. The van der Waals surface area contributed by atoms with Crippen molar-refractivity contribution in [3.63, 3.8) is 0 Å². The lowest BCUT2D eigenvalue weighted by Crippen LogP contribution is -2.40. The summed E-state index contributed by atoms with van der Waals surface area (Å²) in [4.78, 5) is 15.0. The molecule has 1 amide bonds. The summed E-state index contributed by atoms with van der Waals surface area (Å²) in [7, 11) is -3.58. The van der Waals surface area contributed by atoms with Gasteiger partial charge in [-0.2, -0.15) is 0 Å². The molecule has 0 aliphatic carbocycles. The molecular formula is C23H31N3O3S. The van der Waals surface area contributed by atoms with Gasteiger partial charge in [0.15, 0.2) is 0 Å². The lowest BCUT2D eigenvalue weighted by atomic mass is 10.1. The van der Waals surface area contributed by atoms with Crippen molar-refractivity contribution in [2.45, 2.75) is 39.3 Å². The molecule has 0 saturated carbocycles. The van der Waals surface area contributed by atoms with Gasteiger partial charge >= 0.3 is 0 Å². The molecule has 1 aliphatic rings. The predicted octanol–water partition coefficient (Wildman–Crippen LogP) is 2.93. The van der Waals surface area contributed by atoms with Crippen molar-refractivity contribution < 1.29 is 13.2 Å². The van der Waals surface area contributed by atoms with Gasteiger partial charge in [-0.3, -0.25) is 14.0 Å². The van der Waals surface area contributed by atoms with E-state index >= 15 is 0 Å². The third-order valence-electron chi connectivity index (χ3n) is 5.45. The number of amides is 1. The normalized spacial score (nSPS) is 14.6. The third kappa shape index (κ3) is 6.06. The Kier molecular flexibility index (Phi) is 7.50. The van der Waals surface area contributed by atoms with Gasteiger partial charge in [-0.15, -0.1) is 0 Å². The monoisotopic (exact) mass is 429 g/mol. The highest BCUT2D eigenvalue weighted by Gasteiger charge is 2.22. The molecule has 6 nitrogen and oxygen atoms in total. The average molecular weight is 430 g/mol. The molecule has 2 aromatic rings. The number of nitrogens with one attached hydrogen (secondary N) is 1. The molecule has 0 atom stereocenters. The molecule has 2 aromatic carbocycles. The van der Waals surface area contributed by atoms with Gasteiger partial charge in [0.25, 0.3) is 0 Å². The zero-order valence-corrected chi connectivity index (χ0v) is 18.6. The van der Waals surface area contributed by atoms with E-state index in [2.05, 4.69) is 22.3 Å². The summed E-state index contributed by atoms with van der Waals surface area (Å²) in [5.74, 6) is -0.326. The second-order valence-electron chi connectivity index (χ2n) is 7.83. The zero-order chi connectivity index (χ0) is 21.6. The van der Waals surface area contributed by atoms with E-state index in [9.17, 15) is 13.2 Å². The second kappa shape index (κ2) is 10.1. The second-order valence-corrected chi connectivity index (χ2v) is 9.74. The number of benzene rings is 2. The van der Waals surface area contributed by atoms with Crippen molar-refractivity contribution >= 4 is 21.6 Å². The molecule has 1 fully saturated rings. The first kappa shape index (κ1) is 22.3. The first-order valence-corrected chi connectivity index (χ1v) is 12.3. The van der Waals surface area contributed by atoms with E-state index in [-0.39, 0.29) is 12.5 Å². The summed E-state index contributed by atoms with van der Waals surface area (Å²) in [5.41, 5.74) is 3.72. The summed E-state index contributed by atoms with van der Waals surface area (Å²) in [6.45, 7) is 5.39. The molecule has 0 aromatic heterocycles. The lowest BCUT2D eigenvalue weighted by Gasteiger charge is -2.24. The van der Waals surface area contributed by atoms with Gasteiger partial charge < -0.3 is 5.32 Å². The largest absolute Gasteiger partial charge is 0.350 e. The van der Waals surface area contributed by atoms with Gasteiger partial charge in [0.1, 0.15) is 6.54 Å². The fraction of sp³-hybridized carbons (Fsp3) is 0.435. The first-order chi connectivity index (χ1) is 14.4. The van der Waals surface area contributed by atoms with Gasteiger partial charge in [-0.25, -0.2) is 8.42 Å². The van der Waals surface area contributed by atoms with Gasteiger partial charge in [-0.05, 0) is 55.1 Å². The molecule has 1 heterocycles. The van der Waals surface area contributed by atoms with Crippen LogP contribution in [0, 0.1) is 0 Å². The number of hydrogen-bond donors (Lipinski definition) is 1. The van der Waals surface area contributed by atoms with E-state index in [1.807, 2.05) is 31.2 Å². The van der Waals surface area contributed by atoms with E-state index < -0.39 is 10.0 Å². The van der Waals surface area contributed by atoms with Gasteiger partial charge in [0.05, 0.1) is 11.9 Å². The number of carbonyl (C=O) groups excluding carboxylic acids is 1. The fourth-order valence-corrected chi connectivity index (χ4v) is 4.67. The van der Waals surface area contributed by atoms with Crippen LogP contribution >= 0.6 is 0 Å². The Morgan fingerprint density at radius 1 is 1.03 bits per heavy atom. The minimum Gasteiger partial charge on any atom is -0.350 e. The van der Waals surface area contributed by atoms with Crippen LogP contribution in [0.15, 0.2) is 48.5 Å². The number of hydrogen-bond acceptors (Lipinski definition) is 4. The van der Waals surface area contributed by atoms with Crippen LogP contribution in [0.1, 0.15) is 36.5 Å². The van der Waals surface area contributed by atoms with Crippen LogP contribution < -0.4 is 9.62 Å². The number of rotatable bonds is 9. The molecule has 30 heavy (non-hydrogen) atoms. The summed E-state index contributed by atoms with van der Waals surface area (Å²) in [6.07, 6.45) is 4.37. The molecule has 7 heteroatoms. The molecule has 0 unspecified atom stereocenters. The Labute approximate surface area is 179 Å². The van der Waals surface area contributed by atoms with Crippen LogP contribution in [0.3, 0.4) is 0 Å². The van der Waals surface area contributed by atoms with Crippen molar-refractivity contribution in [3.05, 3.63) is 65.2 Å². The highest BCUT2D eigenvalue weighted by atomic mass is 32.2. The number of sulfonamides is 1. The SMILES string of the molecule is CCc1ccccc1N(CC(=O)NCc1ccc(CN2CCCC2)cc1)S(C)(=O)=O. The molecule has 1 N–H and O–H groups in total. The molecule has 162 valence electrons. The minimum absolute atomic E-state index is 0.233. The number of para-hydroxylation sites is 1. The van der Waals surface area contributed by atoms with Crippen LogP contribution in [-0.4, -0.2) is 45.1 Å². The molecule has 0 spiro atoms. The zero-order valence-electron chi connectivity index (χ0n) is 17.8. The van der Waals surface area contributed by atoms with Crippen LogP contribution in [0.4, 0.5) is 5.69 Å². The smallest absolute Gasteiger partial charge is 0.241 e. The number of aryl methyl sites for hydroxylation is 1. The highest BCUT2D eigenvalue weighted by molar-refractivity contribution is 7.92. The average Bonchev–Trinajstić information content (AvgIpc) is 3.24. The lowest BCUT2D eigenvalue weighted by molar-refractivity contribution is -0.119. The molecular weight excluding hydrogens is 398 g/mol. The summed E-state index contributed by atoms with van der Waals surface area (Å²) in [5, 5.41) is 2.85. The van der Waals surface area contributed by atoms with Gasteiger partial charge in [0, 0.05) is 13.1 Å². The van der Waals surface area contributed by atoms with E-state index in [1.54, 1.807) is 12.1 Å². The van der Waals surface area contributed by atoms with Crippen LogP contribution in [-0.2, 0) is 34.3 Å². The predicted molar refractivity (Wildman–Crippen MR) is 121 cm³/mol. The summed E-state index contributed by atoms with van der Waals surface area (Å²) < 4.78 is 25.8. The molecule has 0 bridgehead atoms. The Morgan fingerprint density at radius 3 is 2.30 bits per heavy atom. The van der Waals surface area contributed by atoms with Crippen molar-refractivity contribution in [3.8, 4) is 0 Å². The molecule has 1 saturated heterocycles. The fourth-order valence-electron chi connectivity index (χ4n) is 3.78. The van der Waals surface area contributed by atoms with Crippen molar-refractivity contribution in [2.75, 3.05) is 30.2 Å². The maximum absolute atomic E-state index is 12.5. The summed E-state index contributed by atoms with van der Waals surface area (Å²) in [6, 6.07) is 15.5. The molecule has 1 aliphatic heterocycles. The maximum atomic E-state index is 12.5. The van der Waals surface area contributed by atoms with Crippen LogP contribution in [0.2, 0.25) is 0 Å². The van der Waals surface area contributed by atoms with Crippen molar-refractivity contribution in [1.82, 2.24) is 10.2 Å². The summed E-state index contributed by atoms with van der Waals surface area (Å²) >= 11 is 0. The van der Waals surface area contributed by atoms with E-state index in [1.165, 1.54) is 22.7 Å². The molecule has 0 radical (unpaired) electrons. The van der Waals surface area contributed by atoms with E-state index in [0.29, 0.717) is 18.7 Å². The topological polar surface area (TPSA) is 69.7 Å². The Hall–Kier alpha value is -2.38. The first-order valence-electron chi connectivity index (χ1n) is 10.5. The van der Waals surface area contributed by atoms with Gasteiger partial charge in [-0.1, -0.05) is 49.4 Å². The van der Waals surface area contributed by atoms with E-state index in [0.717, 1.165) is 37.0 Å². The minimum atomic E-state index is -3.58. The van der Waals surface area contributed by atoms with Crippen LogP contribution in [0.5, 0.6) is 0 Å². The number of likely N-dealkylation sites (tertiary alicyclic amines) is 1. The van der Waals surface area contributed by atoms with Crippen LogP contribution in [0.25, 0.3) is 0 Å². The van der Waals surface area contributed by atoms with Gasteiger partial charge in [0.2, 0.25) is 15.9 Å². The Balaban J connectivity index is 1.59. The van der Waals surface area contributed by atoms with E-state index in [4.69, 9.17) is 0 Å². The quantitative estimate of drug-likeness (QED) is 0.665. The molecule has 3 rings (SSSR count). The van der Waals surface area contributed by atoms with Crippen molar-refractivity contribution in [1.29, 1.82) is 0 Å².